The summed E-state index contributed by atoms with van der Waals surface area (Å²) in [5, 5.41) is 0. The maximum Gasteiger partial charge on any atom is 0.224 e. The van der Waals surface area contributed by atoms with Crippen molar-refractivity contribution in [1.29, 1.82) is 0 Å². The van der Waals surface area contributed by atoms with E-state index in [0.717, 1.165) is 13.1 Å². The monoisotopic (exact) mass is 198 g/mol. The van der Waals surface area contributed by atoms with E-state index in [0.29, 0.717) is 26.2 Å². The fourth-order valence-electron chi connectivity index (χ4n) is 1.89. The van der Waals surface area contributed by atoms with Crippen LogP contribution in [0.25, 0.3) is 0 Å². The minimum absolute atomic E-state index is 0.224. The molecule has 14 heavy (non-hydrogen) atoms. The highest BCUT2D eigenvalue weighted by Gasteiger charge is 2.43. The Morgan fingerprint density at radius 3 is 2.86 bits per heavy atom. The molecule has 2 aliphatic rings. The van der Waals surface area contributed by atoms with Crippen LogP contribution in [0.1, 0.15) is 19.3 Å². The van der Waals surface area contributed by atoms with Crippen molar-refractivity contribution >= 4 is 5.91 Å². The van der Waals surface area contributed by atoms with Crippen LogP contribution in [0.3, 0.4) is 0 Å². The lowest BCUT2D eigenvalue weighted by molar-refractivity contribution is -0.131. The number of nitrogens with zero attached hydrogens (tertiary/aromatic N) is 1. The van der Waals surface area contributed by atoms with Crippen molar-refractivity contribution in [2.75, 3.05) is 32.8 Å². The average Bonchev–Trinajstić information content (AvgIpc) is 2.97. The third kappa shape index (κ3) is 2.07. The Kier molecular flexibility index (Phi) is 2.74. The van der Waals surface area contributed by atoms with Gasteiger partial charge in [0.25, 0.3) is 0 Å². The van der Waals surface area contributed by atoms with Crippen LogP contribution >= 0.6 is 0 Å². The van der Waals surface area contributed by atoms with E-state index in [9.17, 15) is 4.79 Å². The highest BCUT2D eigenvalue weighted by molar-refractivity contribution is 5.76. The number of ether oxygens (including phenoxy) is 1. The van der Waals surface area contributed by atoms with Gasteiger partial charge in [-0.05, 0) is 19.4 Å². The van der Waals surface area contributed by atoms with Crippen LogP contribution in [0.5, 0.6) is 0 Å². The van der Waals surface area contributed by atoms with E-state index in [1.54, 1.807) is 0 Å². The van der Waals surface area contributed by atoms with E-state index in [2.05, 4.69) is 0 Å². The molecule has 0 spiro atoms. The summed E-state index contributed by atoms with van der Waals surface area (Å²) >= 11 is 0. The molecular weight excluding hydrogens is 180 g/mol. The van der Waals surface area contributed by atoms with Crippen molar-refractivity contribution in [2.24, 2.45) is 11.1 Å². The molecule has 0 atom stereocenters. The molecule has 2 fully saturated rings. The summed E-state index contributed by atoms with van der Waals surface area (Å²) in [7, 11) is 0. The second kappa shape index (κ2) is 3.87. The van der Waals surface area contributed by atoms with Crippen LogP contribution in [-0.2, 0) is 9.53 Å². The molecule has 80 valence electrons. The van der Waals surface area contributed by atoms with Crippen LogP contribution in [0, 0.1) is 5.41 Å². The Hall–Kier alpha value is -0.610. The van der Waals surface area contributed by atoms with Crippen molar-refractivity contribution < 1.29 is 9.53 Å². The van der Waals surface area contributed by atoms with Gasteiger partial charge in [-0.15, -0.1) is 0 Å². The summed E-state index contributed by atoms with van der Waals surface area (Å²) in [6, 6.07) is 0. The minimum atomic E-state index is 0.224. The first-order valence-electron chi connectivity index (χ1n) is 5.31. The highest BCUT2D eigenvalue weighted by atomic mass is 16.5. The molecule has 4 nitrogen and oxygen atoms in total. The van der Waals surface area contributed by atoms with Gasteiger partial charge >= 0.3 is 0 Å². The van der Waals surface area contributed by atoms with E-state index in [1.807, 2.05) is 4.90 Å². The molecule has 0 radical (unpaired) electrons. The zero-order valence-electron chi connectivity index (χ0n) is 8.50. The topological polar surface area (TPSA) is 55.6 Å². The van der Waals surface area contributed by atoms with Crippen molar-refractivity contribution in [3.63, 3.8) is 0 Å². The van der Waals surface area contributed by atoms with Crippen molar-refractivity contribution in [3.8, 4) is 0 Å². The predicted octanol–water partition coefficient (Wildman–Crippen LogP) is -0.0258. The fourth-order valence-corrected chi connectivity index (χ4v) is 1.89. The van der Waals surface area contributed by atoms with Crippen LogP contribution < -0.4 is 5.73 Å². The minimum Gasteiger partial charge on any atom is -0.379 e. The molecule has 1 saturated carbocycles. The zero-order valence-corrected chi connectivity index (χ0v) is 8.50. The van der Waals surface area contributed by atoms with Gasteiger partial charge in [-0.1, -0.05) is 0 Å². The molecule has 1 aliphatic carbocycles. The van der Waals surface area contributed by atoms with Gasteiger partial charge < -0.3 is 15.4 Å². The lowest BCUT2D eigenvalue weighted by Gasteiger charge is -2.24. The fraction of sp³-hybridized carbons (Fsp3) is 0.900. The maximum atomic E-state index is 11.6. The SMILES string of the molecule is NCC1(CN2CCOCCC2=O)CC1. The standard InChI is InChI=1S/C10H18N2O2/c11-7-10(2-3-10)8-12-4-6-14-5-1-9(12)13/h1-8,11H2. The average molecular weight is 198 g/mol. The van der Waals surface area contributed by atoms with Gasteiger partial charge in [0.05, 0.1) is 19.6 Å². The smallest absolute Gasteiger partial charge is 0.224 e. The maximum absolute atomic E-state index is 11.6. The van der Waals surface area contributed by atoms with Gasteiger partial charge in [-0.25, -0.2) is 0 Å². The van der Waals surface area contributed by atoms with Gasteiger partial charge in [0, 0.05) is 18.5 Å². The van der Waals surface area contributed by atoms with Crippen LogP contribution in [-0.4, -0.2) is 43.7 Å². The summed E-state index contributed by atoms with van der Waals surface area (Å²) in [6.45, 7) is 3.53. The normalized spacial score (nSPS) is 26.1. The zero-order chi connectivity index (χ0) is 10.0. The van der Waals surface area contributed by atoms with Gasteiger partial charge in [0.2, 0.25) is 5.91 Å². The third-order valence-electron chi connectivity index (χ3n) is 3.23. The highest BCUT2D eigenvalue weighted by Crippen LogP contribution is 2.45. The molecule has 0 bridgehead atoms. The van der Waals surface area contributed by atoms with Gasteiger partial charge in [0.1, 0.15) is 0 Å². The number of carbonyl (C=O) groups excluding carboxylic acids is 1. The summed E-state index contributed by atoms with van der Waals surface area (Å²) in [6.07, 6.45) is 2.88. The molecule has 0 aromatic heterocycles. The number of hydrogen-bond acceptors (Lipinski definition) is 3. The second-order valence-corrected chi connectivity index (χ2v) is 4.38. The Balaban J connectivity index is 1.91. The molecule has 0 aromatic carbocycles. The van der Waals surface area contributed by atoms with Crippen LogP contribution in [0.15, 0.2) is 0 Å². The Labute approximate surface area is 84.4 Å². The molecule has 4 heteroatoms. The molecule has 0 aromatic rings. The number of nitrogens with two attached hydrogens (primary N) is 1. The molecular formula is C10H18N2O2. The molecule has 1 aliphatic heterocycles. The largest absolute Gasteiger partial charge is 0.379 e. The quantitative estimate of drug-likeness (QED) is 0.693. The first kappa shape index (κ1) is 9.93. The first-order chi connectivity index (χ1) is 6.76. The van der Waals surface area contributed by atoms with Gasteiger partial charge in [0.15, 0.2) is 0 Å². The summed E-state index contributed by atoms with van der Waals surface area (Å²) in [5.41, 5.74) is 5.95. The third-order valence-corrected chi connectivity index (χ3v) is 3.23. The lowest BCUT2D eigenvalue weighted by atomic mass is 10.1. The van der Waals surface area contributed by atoms with E-state index in [-0.39, 0.29) is 11.3 Å². The molecule has 1 amide bonds. The summed E-state index contributed by atoms with van der Waals surface area (Å²) < 4.78 is 5.27. The summed E-state index contributed by atoms with van der Waals surface area (Å²) in [5.74, 6) is 0.224. The molecule has 2 rings (SSSR count). The molecule has 1 saturated heterocycles. The molecule has 0 unspecified atom stereocenters. The summed E-state index contributed by atoms with van der Waals surface area (Å²) in [4.78, 5) is 13.6. The van der Waals surface area contributed by atoms with E-state index in [1.165, 1.54) is 12.8 Å². The van der Waals surface area contributed by atoms with Crippen molar-refractivity contribution in [1.82, 2.24) is 4.90 Å². The number of hydrogen-bond donors (Lipinski definition) is 1. The Bertz CT molecular complexity index is 226. The first-order valence-corrected chi connectivity index (χ1v) is 5.31. The second-order valence-electron chi connectivity index (χ2n) is 4.38. The van der Waals surface area contributed by atoms with Gasteiger partial charge in [-0.2, -0.15) is 0 Å². The number of rotatable bonds is 3. The van der Waals surface area contributed by atoms with Gasteiger partial charge in [-0.3, -0.25) is 4.79 Å². The molecule has 2 N–H and O–H groups in total. The number of amides is 1. The van der Waals surface area contributed by atoms with Crippen molar-refractivity contribution in [2.45, 2.75) is 19.3 Å². The van der Waals surface area contributed by atoms with Crippen LogP contribution in [0.2, 0.25) is 0 Å². The van der Waals surface area contributed by atoms with E-state index >= 15 is 0 Å². The Morgan fingerprint density at radius 2 is 2.21 bits per heavy atom. The number of carbonyl (C=O) groups is 1. The lowest BCUT2D eigenvalue weighted by Crippen LogP contribution is -2.39. The van der Waals surface area contributed by atoms with Crippen LogP contribution in [0.4, 0.5) is 0 Å². The van der Waals surface area contributed by atoms with E-state index < -0.39 is 0 Å². The molecule has 1 heterocycles. The van der Waals surface area contributed by atoms with Crippen molar-refractivity contribution in [3.05, 3.63) is 0 Å². The Morgan fingerprint density at radius 1 is 1.43 bits per heavy atom. The predicted molar refractivity (Wildman–Crippen MR) is 52.7 cm³/mol. The van der Waals surface area contributed by atoms with E-state index in [4.69, 9.17) is 10.5 Å².